The minimum absolute atomic E-state index is 0.132. The summed E-state index contributed by atoms with van der Waals surface area (Å²) in [6.07, 6.45) is -4.26. The standard InChI is InChI=1S/C14H18F3N3O3S/c1-9(10-2-4-11(5-3-10)14(15,16)17)6-13(21)20-7-12(8-20)19-24(18,22)23/h2-5,9,12,19H,6-8H2,1H3,(H2,18,22,23). The summed E-state index contributed by atoms with van der Waals surface area (Å²) in [6, 6.07) is 4.31. The van der Waals surface area contributed by atoms with Crippen molar-refractivity contribution in [2.75, 3.05) is 13.1 Å². The van der Waals surface area contributed by atoms with Crippen molar-refractivity contribution in [2.24, 2.45) is 5.14 Å². The van der Waals surface area contributed by atoms with Crippen LogP contribution in [-0.2, 0) is 21.2 Å². The molecule has 0 aromatic heterocycles. The molecule has 0 radical (unpaired) electrons. The Bertz CT molecular complexity index is 698. The van der Waals surface area contributed by atoms with Crippen LogP contribution in [-0.4, -0.2) is 38.4 Å². The number of nitrogens with two attached hydrogens (primary N) is 1. The van der Waals surface area contributed by atoms with Crippen molar-refractivity contribution in [3.05, 3.63) is 35.4 Å². The second-order valence-electron chi connectivity index (χ2n) is 5.88. The van der Waals surface area contributed by atoms with Gasteiger partial charge in [-0.1, -0.05) is 19.1 Å². The zero-order valence-corrected chi connectivity index (χ0v) is 13.7. The Labute approximate surface area is 138 Å². The van der Waals surface area contributed by atoms with Gasteiger partial charge in [-0.05, 0) is 23.6 Å². The molecule has 1 aromatic rings. The molecule has 6 nitrogen and oxygen atoms in total. The number of alkyl halides is 3. The molecule has 10 heteroatoms. The van der Waals surface area contributed by atoms with Gasteiger partial charge < -0.3 is 4.90 Å². The topological polar surface area (TPSA) is 92.5 Å². The lowest BCUT2D eigenvalue weighted by Gasteiger charge is -2.39. The molecule has 134 valence electrons. The van der Waals surface area contributed by atoms with Gasteiger partial charge in [0.25, 0.3) is 10.2 Å². The summed E-state index contributed by atoms with van der Waals surface area (Å²) in [5.74, 6) is -0.431. The van der Waals surface area contributed by atoms with Crippen molar-refractivity contribution in [3.63, 3.8) is 0 Å². The molecule has 0 bridgehead atoms. The van der Waals surface area contributed by atoms with Crippen LogP contribution in [0, 0.1) is 0 Å². The second kappa shape index (κ2) is 6.69. The summed E-state index contributed by atoms with van der Waals surface area (Å²) in [4.78, 5) is 13.6. The summed E-state index contributed by atoms with van der Waals surface area (Å²) in [6.45, 7) is 2.21. The van der Waals surface area contributed by atoms with Gasteiger partial charge in [0.2, 0.25) is 5.91 Å². The van der Waals surface area contributed by atoms with E-state index in [1.54, 1.807) is 6.92 Å². The SMILES string of the molecule is CC(CC(=O)N1CC(NS(N)(=O)=O)C1)c1ccc(C(F)(F)F)cc1. The van der Waals surface area contributed by atoms with Gasteiger partial charge >= 0.3 is 6.18 Å². The Morgan fingerprint density at radius 2 is 1.88 bits per heavy atom. The number of halogens is 3. The quantitative estimate of drug-likeness (QED) is 0.821. The monoisotopic (exact) mass is 365 g/mol. The number of carbonyl (C=O) groups excluding carboxylic acids is 1. The minimum atomic E-state index is -4.39. The van der Waals surface area contributed by atoms with Gasteiger partial charge in [0.15, 0.2) is 0 Å². The van der Waals surface area contributed by atoms with E-state index in [2.05, 4.69) is 4.72 Å². The summed E-state index contributed by atoms with van der Waals surface area (Å²) in [5, 5.41) is 4.84. The Kier molecular flexibility index (Phi) is 5.21. The maximum Gasteiger partial charge on any atom is 0.416 e. The van der Waals surface area contributed by atoms with Crippen LogP contribution in [0.2, 0.25) is 0 Å². The summed E-state index contributed by atoms with van der Waals surface area (Å²) in [5.41, 5.74) is -0.0967. The fraction of sp³-hybridized carbons (Fsp3) is 0.500. The molecule has 3 N–H and O–H groups in total. The number of hydrogen-bond acceptors (Lipinski definition) is 3. The molecule has 0 aliphatic carbocycles. The van der Waals surface area contributed by atoms with Gasteiger partial charge in [-0.25, -0.2) is 5.14 Å². The normalized spacial score (nSPS) is 17.5. The molecule has 1 unspecified atom stereocenters. The molecular formula is C14H18F3N3O3S. The van der Waals surface area contributed by atoms with Crippen molar-refractivity contribution < 1.29 is 26.4 Å². The number of rotatable bonds is 5. The number of benzene rings is 1. The molecule has 1 saturated heterocycles. The lowest BCUT2D eigenvalue weighted by molar-refractivity contribution is -0.138. The Balaban J connectivity index is 1.87. The highest BCUT2D eigenvalue weighted by atomic mass is 32.2. The smallest absolute Gasteiger partial charge is 0.339 e. The average Bonchev–Trinajstić information content (AvgIpc) is 2.40. The zero-order valence-electron chi connectivity index (χ0n) is 12.9. The lowest BCUT2D eigenvalue weighted by Crippen LogP contribution is -2.61. The Morgan fingerprint density at radius 1 is 1.33 bits per heavy atom. The molecule has 1 heterocycles. The van der Waals surface area contributed by atoms with Crippen molar-refractivity contribution in [2.45, 2.75) is 31.5 Å². The third-order valence-corrected chi connectivity index (χ3v) is 4.51. The fourth-order valence-electron chi connectivity index (χ4n) is 2.50. The van der Waals surface area contributed by atoms with Gasteiger partial charge in [0.1, 0.15) is 0 Å². The third-order valence-electron chi connectivity index (χ3n) is 3.85. The van der Waals surface area contributed by atoms with Crippen LogP contribution in [0.3, 0.4) is 0 Å². The number of nitrogens with one attached hydrogen (secondary N) is 1. The molecule has 1 aliphatic heterocycles. The predicted molar refractivity (Wildman–Crippen MR) is 81.1 cm³/mol. The molecular weight excluding hydrogens is 347 g/mol. The maximum absolute atomic E-state index is 12.5. The van der Waals surface area contributed by atoms with Crippen LogP contribution in [0.25, 0.3) is 0 Å². The Hall–Kier alpha value is -1.65. The van der Waals surface area contributed by atoms with Crippen LogP contribution >= 0.6 is 0 Å². The Morgan fingerprint density at radius 3 is 2.33 bits per heavy atom. The summed E-state index contributed by atoms with van der Waals surface area (Å²) < 4.78 is 61.5. The molecule has 0 spiro atoms. The van der Waals surface area contributed by atoms with Crippen LogP contribution in [0.1, 0.15) is 30.4 Å². The van der Waals surface area contributed by atoms with E-state index in [9.17, 15) is 26.4 Å². The first-order valence-electron chi connectivity index (χ1n) is 7.20. The van der Waals surface area contributed by atoms with E-state index in [1.807, 2.05) is 0 Å². The summed E-state index contributed by atoms with van der Waals surface area (Å²) >= 11 is 0. The van der Waals surface area contributed by atoms with E-state index >= 15 is 0 Å². The molecule has 1 aliphatic rings. The lowest BCUT2D eigenvalue weighted by atomic mass is 9.95. The molecule has 0 saturated carbocycles. The number of carbonyl (C=O) groups is 1. The molecule has 1 aromatic carbocycles. The molecule has 2 rings (SSSR count). The fourth-order valence-corrected chi connectivity index (χ4v) is 3.11. The highest BCUT2D eigenvalue weighted by Gasteiger charge is 2.33. The number of likely N-dealkylation sites (tertiary alicyclic amines) is 1. The van der Waals surface area contributed by atoms with E-state index in [1.165, 1.54) is 17.0 Å². The van der Waals surface area contributed by atoms with Gasteiger partial charge in [0, 0.05) is 19.5 Å². The van der Waals surface area contributed by atoms with Crippen molar-refractivity contribution in [1.82, 2.24) is 9.62 Å². The summed E-state index contributed by atoms with van der Waals surface area (Å²) in [7, 11) is -3.80. The largest absolute Gasteiger partial charge is 0.416 e. The van der Waals surface area contributed by atoms with Crippen LogP contribution < -0.4 is 9.86 Å². The molecule has 1 atom stereocenters. The second-order valence-corrected chi connectivity index (χ2v) is 7.21. The van der Waals surface area contributed by atoms with Gasteiger partial charge in [0.05, 0.1) is 11.6 Å². The zero-order chi connectivity index (χ0) is 18.1. The highest BCUT2D eigenvalue weighted by molar-refractivity contribution is 7.87. The maximum atomic E-state index is 12.5. The predicted octanol–water partition coefficient (Wildman–Crippen LogP) is 1.20. The van der Waals surface area contributed by atoms with Crippen molar-refractivity contribution in [1.29, 1.82) is 0 Å². The first-order valence-corrected chi connectivity index (χ1v) is 8.75. The molecule has 1 fully saturated rings. The van der Waals surface area contributed by atoms with E-state index in [0.717, 1.165) is 12.1 Å². The van der Waals surface area contributed by atoms with E-state index < -0.39 is 28.0 Å². The van der Waals surface area contributed by atoms with E-state index in [0.29, 0.717) is 5.56 Å². The van der Waals surface area contributed by atoms with E-state index in [-0.39, 0.29) is 31.3 Å². The minimum Gasteiger partial charge on any atom is -0.339 e. The van der Waals surface area contributed by atoms with Gasteiger partial charge in [-0.2, -0.15) is 26.3 Å². The first kappa shape index (κ1) is 18.7. The molecule has 24 heavy (non-hydrogen) atoms. The number of nitrogens with zero attached hydrogens (tertiary/aromatic N) is 1. The van der Waals surface area contributed by atoms with Crippen LogP contribution in [0.5, 0.6) is 0 Å². The van der Waals surface area contributed by atoms with Crippen molar-refractivity contribution in [3.8, 4) is 0 Å². The highest BCUT2D eigenvalue weighted by Crippen LogP contribution is 2.31. The third kappa shape index (κ3) is 4.92. The number of amides is 1. The van der Waals surface area contributed by atoms with Gasteiger partial charge in [-0.15, -0.1) is 0 Å². The first-order chi connectivity index (χ1) is 11.0. The van der Waals surface area contributed by atoms with Crippen LogP contribution in [0.4, 0.5) is 13.2 Å². The van der Waals surface area contributed by atoms with Crippen LogP contribution in [0.15, 0.2) is 24.3 Å². The number of hydrogen-bond donors (Lipinski definition) is 2. The van der Waals surface area contributed by atoms with E-state index in [4.69, 9.17) is 5.14 Å². The van der Waals surface area contributed by atoms with Gasteiger partial charge in [-0.3, -0.25) is 4.79 Å². The average molecular weight is 365 g/mol. The van der Waals surface area contributed by atoms with Crippen molar-refractivity contribution >= 4 is 16.1 Å². The molecule has 1 amide bonds.